The molecule has 8 nitrogen and oxygen atoms in total. The molecule has 0 radical (unpaired) electrons. The van der Waals surface area contributed by atoms with E-state index in [9.17, 15) is 19.6 Å². The van der Waals surface area contributed by atoms with Crippen molar-refractivity contribution in [3.63, 3.8) is 0 Å². The minimum absolute atomic E-state index is 0.00253. The summed E-state index contributed by atoms with van der Waals surface area (Å²) in [5.41, 5.74) is 0. The minimum Gasteiger partial charge on any atom is -0.383 e. The van der Waals surface area contributed by atoms with Crippen LogP contribution in [0.4, 0.5) is 0 Å². The highest BCUT2D eigenvalue weighted by atomic mass is 16.5. The number of carbonyl (C=O) groups excluding carboxylic acids is 3. The van der Waals surface area contributed by atoms with Crippen LogP contribution in [-0.4, -0.2) is 83.7 Å². The molecule has 0 saturated carbocycles. The summed E-state index contributed by atoms with van der Waals surface area (Å²) >= 11 is 0. The molecule has 4 atom stereocenters. The molecule has 1 N–H and O–H groups in total. The van der Waals surface area contributed by atoms with Crippen LogP contribution in [0.3, 0.4) is 0 Å². The fourth-order valence-electron chi connectivity index (χ4n) is 4.89. The van der Waals surface area contributed by atoms with Crippen LogP contribution in [0.2, 0.25) is 0 Å². The predicted octanol–water partition coefficient (Wildman–Crippen LogP) is 2.15. The average molecular weight is 426 g/mol. The number of nitrogens with zero attached hydrogens (tertiary/aromatic N) is 3. The first kappa shape index (κ1) is 24.6. The molecular formula is C22H39N3O5. The summed E-state index contributed by atoms with van der Waals surface area (Å²) in [6.07, 6.45) is 5.63. The van der Waals surface area contributed by atoms with Crippen LogP contribution in [-0.2, 0) is 19.1 Å². The van der Waals surface area contributed by atoms with E-state index in [0.717, 1.165) is 32.1 Å². The summed E-state index contributed by atoms with van der Waals surface area (Å²) in [6, 6.07) is -0.447. The van der Waals surface area contributed by atoms with E-state index in [2.05, 4.69) is 20.8 Å². The first-order valence-electron chi connectivity index (χ1n) is 11.3. The van der Waals surface area contributed by atoms with Crippen molar-refractivity contribution in [1.82, 2.24) is 14.9 Å². The zero-order valence-electron chi connectivity index (χ0n) is 19.0. The fourth-order valence-corrected chi connectivity index (χ4v) is 4.89. The normalized spacial score (nSPS) is 25.3. The molecule has 2 unspecified atom stereocenters. The Labute approximate surface area is 180 Å². The van der Waals surface area contributed by atoms with Gasteiger partial charge < -0.3 is 14.5 Å². The van der Waals surface area contributed by atoms with Gasteiger partial charge in [0.05, 0.1) is 25.1 Å². The topological polar surface area (TPSA) is 90.4 Å². The van der Waals surface area contributed by atoms with Crippen LogP contribution >= 0.6 is 0 Å². The van der Waals surface area contributed by atoms with E-state index in [-0.39, 0.29) is 36.2 Å². The lowest BCUT2D eigenvalue weighted by Crippen LogP contribution is -2.52. The van der Waals surface area contributed by atoms with Crippen LogP contribution in [0.15, 0.2) is 0 Å². The van der Waals surface area contributed by atoms with Crippen molar-refractivity contribution in [2.45, 2.75) is 71.4 Å². The molecule has 172 valence electrons. The first-order chi connectivity index (χ1) is 14.3. The molecule has 3 amide bonds. The second kappa shape index (κ2) is 11.6. The quantitative estimate of drug-likeness (QED) is 0.294. The Morgan fingerprint density at radius 2 is 2.13 bits per heavy atom. The smallest absolute Gasteiger partial charge is 0.245 e. The largest absolute Gasteiger partial charge is 0.383 e. The highest BCUT2D eigenvalue weighted by Crippen LogP contribution is 2.33. The van der Waals surface area contributed by atoms with Crippen molar-refractivity contribution < 1.29 is 24.3 Å². The first-order valence-corrected chi connectivity index (χ1v) is 11.3. The Morgan fingerprint density at radius 3 is 2.73 bits per heavy atom. The summed E-state index contributed by atoms with van der Waals surface area (Å²) < 4.78 is 5.31. The second-order valence-corrected chi connectivity index (χ2v) is 9.16. The van der Waals surface area contributed by atoms with Crippen LogP contribution in [0, 0.1) is 17.8 Å². The van der Waals surface area contributed by atoms with Gasteiger partial charge >= 0.3 is 0 Å². The van der Waals surface area contributed by atoms with Gasteiger partial charge in [-0.25, -0.2) is 5.06 Å². The summed E-state index contributed by atoms with van der Waals surface area (Å²) in [5.74, 6) is -0.306. The van der Waals surface area contributed by atoms with Crippen molar-refractivity contribution in [3.05, 3.63) is 0 Å². The van der Waals surface area contributed by atoms with Gasteiger partial charge in [-0.1, -0.05) is 33.6 Å². The average Bonchev–Trinajstić information content (AvgIpc) is 3.29. The van der Waals surface area contributed by atoms with Crippen molar-refractivity contribution in [2.24, 2.45) is 17.8 Å². The van der Waals surface area contributed by atoms with Crippen molar-refractivity contribution in [3.8, 4) is 0 Å². The zero-order valence-corrected chi connectivity index (χ0v) is 19.0. The molecular weight excluding hydrogens is 386 g/mol. The molecule has 30 heavy (non-hydrogen) atoms. The number of methoxy groups -OCH3 is 1. The van der Waals surface area contributed by atoms with Crippen molar-refractivity contribution in [1.29, 1.82) is 0 Å². The number of hydroxylamine groups is 2. The van der Waals surface area contributed by atoms with Crippen LogP contribution < -0.4 is 0 Å². The highest BCUT2D eigenvalue weighted by Gasteiger charge is 2.47. The van der Waals surface area contributed by atoms with E-state index in [0.29, 0.717) is 37.6 Å². The number of amides is 3. The van der Waals surface area contributed by atoms with Gasteiger partial charge in [0.15, 0.2) is 0 Å². The molecule has 2 fully saturated rings. The van der Waals surface area contributed by atoms with Gasteiger partial charge in [-0.2, -0.15) is 0 Å². The number of rotatable bonds is 12. The Balaban J connectivity index is 2.25. The third-order valence-electron chi connectivity index (χ3n) is 6.41. The molecule has 2 saturated heterocycles. The summed E-state index contributed by atoms with van der Waals surface area (Å²) in [6.45, 7) is 7.91. The maximum absolute atomic E-state index is 13.6. The molecule has 2 rings (SSSR count). The molecule has 0 bridgehead atoms. The summed E-state index contributed by atoms with van der Waals surface area (Å²) in [5, 5.41) is 10.3. The van der Waals surface area contributed by atoms with Gasteiger partial charge in [0.1, 0.15) is 6.04 Å². The molecule has 0 spiro atoms. The van der Waals surface area contributed by atoms with Gasteiger partial charge in [-0.05, 0) is 37.5 Å². The third-order valence-corrected chi connectivity index (χ3v) is 6.41. The number of unbranched alkanes of at least 4 members (excludes halogenated alkanes) is 1. The monoisotopic (exact) mass is 425 g/mol. The number of carbonyl (C=O) groups is 3. The third kappa shape index (κ3) is 5.94. The van der Waals surface area contributed by atoms with Crippen LogP contribution in [0.25, 0.3) is 0 Å². The van der Waals surface area contributed by atoms with Crippen molar-refractivity contribution in [2.75, 3.05) is 33.4 Å². The van der Waals surface area contributed by atoms with E-state index in [1.807, 2.05) is 4.90 Å². The zero-order chi connectivity index (χ0) is 22.3. The predicted molar refractivity (Wildman–Crippen MR) is 113 cm³/mol. The van der Waals surface area contributed by atoms with E-state index in [4.69, 9.17) is 4.74 Å². The second-order valence-electron chi connectivity index (χ2n) is 9.16. The Bertz CT molecular complexity index is 585. The Hall–Kier alpha value is -1.67. The SMILES string of the molecule is CCCCC1CN([C@@H](CC(C)C)C(=O)N2CCC[C@H]2COC)C(=O)C1CN(O)C=O. The molecule has 8 heteroatoms. The van der Waals surface area contributed by atoms with Gasteiger partial charge in [0, 0.05) is 20.2 Å². The summed E-state index contributed by atoms with van der Waals surface area (Å²) in [7, 11) is 1.65. The van der Waals surface area contributed by atoms with E-state index in [1.165, 1.54) is 0 Å². The lowest BCUT2D eigenvalue weighted by atomic mass is 9.90. The van der Waals surface area contributed by atoms with Crippen molar-refractivity contribution >= 4 is 18.2 Å². The molecule has 2 aliphatic heterocycles. The maximum atomic E-state index is 13.6. The van der Waals surface area contributed by atoms with Gasteiger partial charge in [-0.3, -0.25) is 19.6 Å². The maximum Gasteiger partial charge on any atom is 0.245 e. The van der Waals surface area contributed by atoms with E-state index >= 15 is 0 Å². The highest BCUT2D eigenvalue weighted by molar-refractivity contribution is 5.90. The van der Waals surface area contributed by atoms with Crippen LogP contribution in [0.1, 0.15) is 59.3 Å². The van der Waals surface area contributed by atoms with Gasteiger partial charge in [0.2, 0.25) is 18.2 Å². The molecule has 0 aromatic rings. The minimum atomic E-state index is -0.507. The summed E-state index contributed by atoms with van der Waals surface area (Å²) in [4.78, 5) is 41.5. The lowest BCUT2D eigenvalue weighted by Gasteiger charge is -2.34. The number of ether oxygens (including phenoxy) is 1. The molecule has 0 aromatic carbocycles. The number of hydrogen-bond acceptors (Lipinski definition) is 5. The number of likely N-dealkylation sites (tertiary alicyclic amines) is 2. The van der Waals surface area contributed by atoms with Gasteiger partial charge in [-0.15, -0.1) is 0 Å². The molecule has 2 heterocycles. The standard InChI is InChI=1S/C22H39N3O5/c1-5-6-8-17-12-25(21(27)19(17)13-23(29)15-26)20(11-16(2)3)22(28)24-10-7-9-18(24)14-30-4/h15-20,29H,5-14H2,1-4H3/t17?,18-,19?,20-/m0/s1. The molecule has 0 aliphatic carbocycles. The fraction of sp³-hybridized carbons (Fsp3) is 0.864. The Morgan fingerprint density at radius 1 is 1.40 bits per heavy atom. The number of hydrogen-bond donors (Lipinski definition) is 1. The van der Waals surface area contributed by atoms with Gasteiger partial charge in [0.25, 0.3) is 0 Å². The molecule has 2 aliphatic rings. The van der Waals surface area contributed by atoms with E-state index < -0.39 is 12.0 Å². The Kier molecular flexibility index (Phi) is 9.55. The molecule has 0 aromatic heterocycles. The lowest BCUT2D eigenvalue weighted by molar-refractivity contribution is -0.157. The van der Waals surface area contributed by atoms with Crippen LogP contribution in [0.5, 0.6) is 0 Å². The van der Waals surface area contributed by atoms with E-state index in [1.54, 1.807) is 12.0 Å².